The molecule has 7 heteroatoms. The fourth-order valence-corrected chi connectivity index (χ4v) is 5.97. The Balaban J connectivity index is 1.39. The van der Waals surface area contributed by atoms with Gasteiger partial charge in [0.2, 0.25) is 0 Å². The molecule has 0 aliphatic heterocycles. The van der Waals surface area contributed by atoms with Crippen LogP contribution in [-0.2, 0) is 27.7 Å². The molecule has 1 N–H and O–H groups in total. The summed E-state index contributed by atoms with van der Waals surface area (Å²) < 4.78 is 27.9. The Labute approximate surface area is 205 Å². The highest BCUT2D eigenvalue weighted by Gasteiger charge is 2.27. The summed E-state index contributed by atoms with van der Waals surface area (Å²) in [6, 6.07) is 25.5. The number of hydrogen-bond acceptors (Lipinski definition) is 4. The van der Waals surface area contributed by atoms with Crippen molar-refractivity contribution in [2.75, 3.05) is 10.8 Å². The topological polar surface area (TPSA) is 78.8 Å². The van der Waals surface area contributed by atoms with Gasteiger partial charge in [-0.05, 0) is 71.5 Å². The summed E-state index contributed by atoms with van der Waals surface area (Å²) in [5.74, 6) is -0.534. The van der Waals surface area contributed by atoms with E-state index in [-0.39, 0.29) is 4.90 Å². The minimum absolute atomic E-state index is 0.116. The van der Waals surface area contributed by atoms with E-state index in [1.54, 1.807) is 42.6 Å². The van der Waals surface area contributed by atoms with Crippen molar-refractivity contribution in [2.45, 2.75) is 24.7 Å². The molecule has 4 aromatic carbocycles. The van der Waals surface area contributed by atoms with E-state index in [2.05, 4.69) is 28.7 Å². The average Bonchev–Trinajstić information content (AvgIpc) is 3.29. The van der Waals surface area contributed by atoms with Crippen LogP contribution in [0.4, 0.5) is 5.69 Å². The van der Waals surface area contributed by atoms with Crippen molar-refractivity contribution in [2.24, 2.45) is 5.10 Å². The van der Waals surface area contributed by atoms with E-state index in [9.17, 15) is 13.2 Å². The van der Waals surface area contributed by atoms with Gasteiger partial charge < -0.3 is 0 Å². The zero-order chi connectivity index (χ0) is 24.4. The summed E-state index contributed by atoms with van der Waals surface area (Å²) in [6.45, 7) is 1.47. The third kappa shape index (κ3) is 4.55. The quantitative estimate of drug-likeness (QED) is 0.308. The second-order valence-electron chi connectivity index (χ2n) is 8.61. The number of hydrazone groups is 1. The first kappa shape index (κ1) is 22.8. The van der Waals surface area contributed by atoms with Gasteiger partial charge in [0.15, 0.2) is 0 Å². The monoisotopic (exact) mass is 483 g/mol. The standard InChI is InChI=1S/C28H25N3O3S/c1-20-7-5-9-24(17-20)31(35(33,34)25-10-3-2-4-11-25)19-27(32)30-29-18-23-16-15-22-14-13-21-8-6-12-26(23)28(21)22/h2-12,15-18H,13-14,19H2,1H3,(H,30,32)/b29-18-. The Morgan fingerprint density at radius 2 is 1.69 bits per heavy atom. The Bertz CT molecular complexity index is 1540. The lowest BCUT2D eigenvalue weighted by atomic mass is 10.0. The van der Waals surface area contributed by atoms with E-state index in [4.69, 9.17) is 0 Å². The highest BCUT2D eigenvalue weighted by molar-refractivity contribution is 7.92. The van der Waals surface area contributed by atoms with Crippen molar-refractivity contribution in [3.8, 4) is 0 Å². The third-order valence-electron chi connectivity index (χ3n) is 6.21. The molecular weight excluding hydrogens is 458 g/mol. The lowest BCUT2D eigenvalue weighted by Gasteiger charge is -2.24. The van der Waals surface area contributed by atoms with Gasteiger partial charge >= 0.3 is 0 Å². The number of aryl methyl sites for hydroxylation is 3. The van der Waals surface area contributed by atoms with Gasteiger partial charge in [0, 0.05) is 5.56 Å². The molecule has 4 aromatic rings. The molecule has 6 nitrogen and oxygen atoms in total. The maximum absolute atomic E-state index is 13.4. The summed E-state index contributed by atoms with van der Waals surface area (Å²) in [6.07, 6.45) is 3.69. The molecule has 0 heterocycles. The summed E-state index contributed by atoms with van der Waals surface area (Å²) in [4.78, 5) is 12.9. The lowest BCUT2D eigenvalue weighted by molar-refractivity contribution is -0.119. The molecule has 1 amide bonds. The van der Waals surface area contributed by atoms with E-state index in [1.807, 2.05) is 25.1 Å². The Morgan fingerprint density at radius 3 is 2.46 bits per heavy atom. The van der Waals surface area contributed by atoms with Gasteiger partial charge in [0.25, 0.3) is 15.9 Å². The van der Waals surface area contributed by atoms with Crippen LogP contribution in [0.1, 0.15) is 22.3 Å². The molecule has 0 atom stereocenters. The SMILES string of the molecule is Cc1cccc(N(CC(=O)N/N=C\c2ccc3c4c(cccc24)CC3)S(=O)(=O)c2ccccc2)c1. The maximum atomic E-state index is 13.4. The van der Waals surface area contributed by atoms with Crippen molar-refractivity contribution < 1.29 is 13.2 Å². The van der Waals surface area contributed by atoms with Gasteiger partial charge in [-0.3, -0.25) is 9.10 Å². The molecule has 35 heavy (non-hydrogen) atoms. The summed E-state index contributed by atoms with van der Waals surface area (Å²) in [5, 5.41) is 6.51. The molecule has 0 saturated carbocycles. The number of rotatable bonds is 7. The first-order chi connectivity index (χ1) is 16.9. The highest BCUT2D eigenvalue weighted by Crippen LogP contribution is 2.32. The molecule has 0 saturated heterocycles. The van der Waals surface area contributed by atoms with Gasteiger partial charge in [-0.1, -0.05) is 60.7 Å². The number of carbonyl (C=O) groups excluding carboxylic acids is 1. The molecule has 0 bridgehead atoms. The largest absolute Gasteiger partial charge is 0.271 e. The van der Waals surface area contributed by atoms with Crippen molar-refractivity contribution in [1.29, 1.82) is 0 Å². The van der Waals surface area contributed by atoms with Crippen LogP contribution in [0.5, 0.6) is 0 Å². The van der Waals surface area contributed by atoms with Gasteiger partial charge in [-0.25, -0.2) is 13.8 Å². The molecule has 0 spiro atoms. The average molecular weight is 484 g/mol. The van der Waals surface area contributed by atoms with Crippen LogP contribution in [0.2, 0.25) is 0 Å². The van der Waals surface area contributed by atoms with Gasteiger partial charge in [0.1, 0.15) is 6.54 Å². The second-order valence-corrected chi connectivity index (χ2v) is 10.5. The number of amides is 1. The second kappa shape index (κ2) is 9.35. The number of nitrogens with zero attached hydrogens (tertiary/aromatic N) is 2. The maximum Gasteiger partial charge on any atom is 0.264 e. The minimum Gasteiger partial charge on any atom is -0.271 e. The van der Waals surface area contributed by atoms with E-state index >= 15 is 0 Å². The number of benzene rings is 4. The predicted octanol–water partition coefficient (Wildman–Crippen LogP) is 4.59. The van der Waals surface area contributed by atoms with Gasteiger partial charge in [0.05, 0.1) is 16.8 Å². The van der Waals surface area contributed by atoms with Crippen LogP contribution in [-0.4, -0.2) is 27.1 Å². The van der Waals surface area contributed by atoms with E-state index in [0.29, 0.717) is 5.69 Å². The van der Waals surface area contributed by atoms with Crippen LogP contribution < -0.4 is 9.73 Å². The van der Waals surface area contributed by atoms with Gasteiger partial charge in [-0.2, -0.15) is 5.10 Å². The smallest absolute Gasteiger partial charge is 0.264 e. The van der Waals surface area contributed by atoms with Crippen LogP contribution >= 0.6 is 0 Å². The van der Waals surface area contributed by atoms with E-state index in [1.165, 1.54) is 28.6 Å². The fourth-order valence-electron chi connectivity index (χ4n) is 4.54. The molecule has 5 rings (SSSR count). The van der Waals surface area contributed by atoms with Crippen molar-refractivity contribution in [3.05, 3.63) is 107 Å². The minimum atomic E-state index is -3.95. The molecule has 1 aliphatic rings. The number of carbonyl (C=O) groups is 1. The number of sulfonamides is 1. The Morgan fingerprint density at radius 1 is 0.943 bits per heavy atom. The Hall–Kier alpha value is -3.97. The summed E-state index contributed by atoms with van der Waals surface area (Å²) in [7, 11) is -3.95. The van der Waals surface area contributed by atoms with E-state index < -0.39 is 22.5 Å². The van der Waals surface area contributed by atoms with Crippen LogP contribution in [0.3, 0.4) is 0 Å². The number of hydrogen-bond donors (Lipinski definition) is 1. The number of anilines is 1. The molecule has 0 aromatic heterocycles. The number of nitrogens with one attached hydrogen (secondary N) is 1. The van der Waals surface area contributed by atoms with Crippen molar-refractivity contribution in [3.63, 3.8) is 0 Å². The van der Waals surface area contributed by atoms with Crippen LogP contribution in [0.15, 0.2) is 94.9 Å². The van der Waals surface area contributed by atoms with Crippen LogP contribution in [0.25, 0.3) is 10.8 Å². The molecule has 0 fully saturated rings. The summed E-state index contributed by atoms with van der Waals surface area (Å²) in [5.41, 5.74) is 7.37. The van der Waals surface area contributed by atoms with Crippen molar-refractivity contribution in [1.82, 2.24) is 5.43 Å². The molecule has 0 radical (unpaired) electrons. The fraction of sp³-hybridized carbons (Fsp3) is 0.143. The molecule has 0 unspecified atom stereocenters. The Kier molecular flexibility index (Phi) is 6.09. The molecular formula is C28H25N3O3S. The molecule has 176 valence electrons. The third-order valence-corrected chi connectivity index (χ3v) is 8.00. The summed E-state index contributed by atoms with van der Waals surface area (Å²) >= 11 is 0. The lowest BCUT2D eigenvalue weighted by Crippen LogP contribution is -2.39. The van der Waals surface area contributed by atoms with Gasteiger partial charge in [-0.15, -0.1) is 0 Å². The first-order valence-corrected chi connectivity index (χ1v) is 12.9. The first-order valence-electron chi connectivity index (χ1n) is 11.4. The molecule has 1 aliphatic carbocycles. The highest BCUT2D eigenvalue weighted by atomic mass is 32.2. The predicted molar refractivity (Wildman–Crippen MR) is 139 cm³/mol. The van der Waals surface area contributed by atoms with Crippen LogP contribution in [0, 0.1) is 6.92 Å². The zero-order valence-electron chi connectivity index (χ0n) is 19.3. The van der Waals surface area contributed by atoms with Crippen molar-refractivity contribution >= 4 is 38.6 Å². The zero-order valence-corrected chi connectivity index (χ0v) is 20.1. The van der Waals surface area contributed by atoms with E-state index in [0.717, 1.165) is 33.7 Å². The normalized spacial score (nSPS) is 12.8.